The Balaban J connectivity index is 1.96. The summed E-state index contributed by atoms with van der Waals surface area (Å²) in [5, 5.41) is 12.2. The first kappa shape index (κ1) is 14.7. The molecule has 0 bridgehead atoms. The van der Waals surface area contributed by atoms with Gasteiger partial charge in [-0.3, -0.25) is 4.79 Å². The van der Waals surface area contributed by atoms with E-state index >= 15 is 0 Å². The minimum Gasteiger partial charge on any atom is -0.497 e. The van der Waals surface area contributed by atoms with Gasteiger partial charge < -0.3 is 20.9 Å². The number of benzene rings is 1. The van der Waals surface area contributed by atoms with Gasteiger partial charge in [-0.2, -0.15) is 0 Å². The van der Waals surface area contributed by atoms with E-state index < -0.39 is 0 Å². The normalized spacial score (nSPS) is 21.7. The summed E-state index contributed by atoms with van der Waals surface area (Å²) >= 11 is 0. The summed E-state index contributed by atoms with van der Waals surface area (Å²) in [7, 11) is 1.54. The predicted octanol–water partition coefficient (Wildman–Crippen LogP) is 1.42. The molecule has 1 aliphatic carbocycles. The highest BCUT2D eigenvalue weighted by atomic mass is 16.5. The largest absolute Gasteiger partial charge is 0.497 e. The minimum atomic E-state index is -0.154. The van der Waals surface area contributed by atoms with Crippen LogP contribution in [0.3, 0.4) is 0 Å². The zero-order valence-corrected chi connectivity index (χ0v) is 11.8. The molecule has 5 nitrogen and oxygen atoms in total. The Morgan fingerprint density at radius 3 is 2.85 bits per heavy atom. The van der Waals surface area contributed by atoms with Crippen LogP contribution in [0, 0.1) is 11.8 Å². The molecule has 2 unspecified atom stereocenters. The Hall–Kier alpha value is -1.75. The van der Waals surface area contributed by atoms with Crippen molar-refractivity contribution in [2.24, 2.45) is 11.8 Å². The maximum absolute atomic E-state index is 12.1. The molecule has 0 radical (unpaired) electrons. The number of methoxy groups -OCH3 is 1. The lowest BCUT2D eigenvalue weighted by Crippen LogP contribution is -2.31. The third-order valence-corrected chi connectivity index (χ3v) is 4.00. The number of nitrogen functional groups attached to an aromatic ring is 1. The average molecular weight is 278 g/mol. The molecular weight excluding hydrogens is 256 g/mol. The molecule has 4 N–H and O–H groups in total. The van der Waals surface area contributed by atoms with E-state index in [1.54, 1.807) is 25.3 Å². The van der Waals surface area contributed by atoms with Crippen molar-refractivity contribution in [1.82, 2.24) is 5.32 Å². The van der Waals surface area contributed by atoms with Gasteiger partial charge in [0.05, 0.1) is 7.11 Å². The van der Waals surface area contributed by atoms with E-state index in [1.807, 2.05) is 0 Å². The van der Waals surface area contributed by atoms with Crippen LogP contribution in [0.2, 0.25) is 0 Å². The summed E-state index contributed by atoms with van der Waals surface area (Å²) in [6.07, 6.45) is 3.23. The summed E-state index contributed by atoms with van der Waals surface area (Å²) in [6.45, 7) is 0.799. The summed E-state index contributed by atoms with van der Waals surface area (Å²) in [5.74, 6) is 1.10. The molecule has 1 aromatic rings. The van der Waals surface area contributed by atoms with Crippen LogP contribution >= 0.6 is 0 Å². The second-order valence-corrected chi connectivity index (χ2v) is 5.34. The molecule has 1 aromatic carbocycles. The second kappa shape index (κ2) is 6.61. The van der Waals surface area contributed by atoms with Crippen LogP contribution < -0.4 is 15.8 Å². The molecule has 1 aliphatic rings. The maximum Gasteiger partial charge on any atom is 0.251 e. The molecule has 1 saturated carbocycles. The first-order valence-corrected chi connectivity index (χ1v) is 6.97. The molecule has 2 atom stereocenters. The number of aliphatic hydroxyl groups excluding tert-OH is 1. The van der Waals surface area contributed by atoms with Crippen molar-refractivity contribution in [3.63, 3.8) is 0 Å². The van der Waals surface area contributed by atoms with Gasteiger partial charge in [0, 0.05) is 30.5 Å². The fourth-order valence-corrected chi connectivity index (χ4v) is 2.82. The molecule has 0 spiro atoms. The third kappa shape index (κ3) is 3.42. The molecule has 0 aromatic heterocycles. The number of nitrogens with one attached hydrogen (secondary N) is 1. The highest BCUT2D eigenvalue weighted by Gasteiger charge is 2.26. The van der Waals surface area contributed by atoms with Crippen LogP contribution in [0.1, 0.15) is 29.6 Å². The molecule has 1 amide bonds. The number of nitrogens with two attached hydrogens (primary N) is 1. The summed E-state index contributed by atoms with van der Waals surface area (Å²) in [6, 6.07) is 4.98. The lowest BCUT2D eigenvalue weighted by Gasteiger charge is -2.18. The molecule has 20 heavy (non-hydrogen) atoms. The number of carbonyl (C=O) groups excluding carboxylic acids is 1. The Morgan fingerprint density at radius 2 is 2.15 bits per heavy atom. The van der Waals surface area contributed by atoms with Gasteiger partial charge in [-0.15, -0.1) is 0 Å². The Bertz CT molecular complexity index is 476. The van der Waals surface area contributed by atoms with Gasteiger partial charge in [-0.25, -0.2) is 0 Å². The minimum absolute atomic E-state index is 0.154. The van der Waals surface area contributed by atoms with Crippen LogP contribution in [0.5, 0.6) is 5.75 Å². The Kier molecular flexibility index (Phi) is 4.84. The summed E-state index contributed by atoms with van der Waals surface area (Å²) in [5.41, 5.74) is 6.75. The van der Waals surface area contributed by atoms with Gasteiger partial charge in [0.25, 0.3) is 5.91 Å². The fourth-order valence-electron chi connectivity index (χ4n) is 2.82. The monoisotopic (exact) mass is 278 g/mol. The van der Waals surface area contributed by atoms with Crippen LogP contribution in [0.4, 0.5) is 5.69 Å². The smallest absolute Gasteiger partial charge is 0.251 e. The van der Waals surface area contributed by atoms with Crippen LogP contribution in [-0.2, 0) is 0 Å². The van der Waals surface area contributed by atoms with Gasteiger partial charge in [0.2, 0.25) is 0 Å². The Labute approximate surface area is 119 Å². The lowest BCUT2D eigenvalue weighted by molar-refractivity contribution is 0.0937. The van der Waals surface area contributed by atoms with E-state index in [9.17, 15) is 9.90 Å². The number of carbonyl (C=O) groups is 1. The SMILES string of the molecule is COc1cc(N)cc(C(=O)NCC2CCCC2CO)c1. The van der Waals surface area contributed by atoms with Gasteiger partial charge in [-0.1, -0.05) is 6.42 Å². The van der Waals surface area contributed by atoms with Crippen molar-refractivity contribution >= 4 is 11.6 Å². The molecule has 0 heterocycles. The predicted molar refractivity (Wildman–Crippen MR) is 77.7 cm³/mol. The van der Waals surface area contributed by atoms with E-state index in [4.69, 9.17) is 10.5 Å². The number of aliphatic hydroxyl groups is 1. The molecular formula is C15H22N2O3. The van der Waals surface area contributed by atoms with E-state index in [2.05, 4.69) is 5.32 Å². The van der Waals surface area contributed by atoms with E-state index in [0.29, 0.717) is 35.4 Å². The van der Waals surface area contributed by atoms with Gasteiger partial charge in [0.15, 0.2) is 0 Å². The number of hydrogen-bond donors (Lipinski definition) is 3. The zero-order chi connectivity index (χ0) is 14.5. The van der Waals surface area contributed by atoms with Crippen molar-refractivity contribution in [3.05, 3.63) is 23.8 Å². The number of hydrogen-bond acceptors (Lipinski definition) is 4. The topological polar surface area (TPSA) is 84.6 Å². The lowest BCUT2D eigenvalue weighted by atomic mass is 9.97. The second-order valence-electron chi connectivity index (χ2n) is 5.34. The summed E-state index contributed by atoms with van der Waals surface area (Å²) < 4.78 is 5.11. The third-order valence-electron chi connectivity index (χ3n) is 4.00. The molecule has 2 rings (SSSR count). The fraction of sp³-hybridized carbons (Fsp3) is 0.533. The number of anilines is 1. The first-order valence-electron chi connectivity index (χ1n) is 6.97. The highest BCUT2D eigenvalue weighted by Crippen LogP contribution is 2.30. The molecule has 0 aliphatic heterocycles. The first-order chi connectivity index (χ1) is 9.63. The van der Waals surface area contributed by atoms with E-state index in [1.165, 1.54) is 0 Å². The van der Waals surface area contributed by atoms with E-state index in [0.717, 1.165) is 19.3 Å². The average Bonchev–Trinajstić information content (AvgIpc) is 2.91. The van der Waals surface area contributed by atoms with Gasteiger partial charge >= 0.3 is 0 Å². The van der Waals surface area contributed by atoms with Gasteiger partial charge in [0.1, 0.15) is 5.75 Å². The molecule has 5 heteroatoms. The standard InChI is InChI=1S/C15H22N2O3/c1-20-14-6-12(5-13(16)7-14)15(19)17-8-10-3-2-4-11(10)9-18/h5-7,10-11,18H,2-4,8-9,16H2,1H3,(H,17,19). The van der Waals surface area contributed by atoms with Crippen molar-refractivity contribution in [1.29, 1.82) is 0 Å². The van der Waals surface area contributed by atoms with Crippen LogP contribution in [0.25, 0.3) is 0 Å². The molecule has 1 fully saturated rings. The molecule has 0 saturated heterocycles. The quantitative estimate of drug-likeness (QED) is 0.711. The number of rotatable bonds is 5. The Morgan fingerprint density at radius 1 is 1.40 bits per heavy atom. The number of amides is 1. The zero-order valence-electron chi connectivity index (χ0n) is 11.8. The maximum atomic E-state index is 12.1. The number of ether oxygens (including phenoxy) is 1. The summed E-state index contributed by atoms with van der Waals surface area (Å²) in [4.78, 5) is 12.1. The van der Waals surface area contributed by atoms with Crippen molar-refractivity contribution < 1.29 is 14.6 Å². The van der Waals surface area contributed by atoms with Crippen molar-refractivity contribution in [2.75, 3.05) is 26.0 Å². The highest BCUT2D eigenvalue weighted by molar-refractivity contribution is 5.95. The van der Waals surface area contributed by atoms with E-state index in [-0.39, 0.29) is 12.5 Å². The van der Waals surface area contributed by atoms with Crippen LogP contribution in [-0.4, -0.2) is 31.3 Å². The van der Waals surface area contributed by atoms with Crippen molar-refractivity contribution in [2.45, 2.75) is 19.3 Å². The van der Waals surface area contributed by atoms with Crippen LogP contribution in [0.15, 0.2) is 18.2 Å². The van der Waals surface area contributed by atoms with Gasteiger partial charge in [-0.05, 0) is 36.8 Å². The van der Waals surface area contributed by atoms with Crippen molar-refractivity contribution in [3.8, 4) is 5.75 Å². The molecule has 110 valence electrons.